The molecule has 16 heavy (non-hydrogen) atoms. The second kappa shape index (κ2) is 5.77. The van der Waals surface area contributed by atoms with Gasteiger partial charge in [0.25, 0.3) is 0 Å². The number of nitrogens with one attached hydrogen (secondary N) is 1. The van der Waals surface area contributed by atoms with Crippen molar-refractivity contribution in [2.75, 3.05) is 11.5 Å². The first-order chi connectivity index (χ1) is 7.54. The number of carbonyl (C=O) groups excluding carboxylic acids is 1. The van der Waals surface area contributed by atoms with Crippen LogP contribution in [0, 0.1) is 12.8 Å². The molecule has 0 fully saturated rings. The van der Waals surface area contributed by atoms with Crippen molar-refractivity contribution in [3.8, 4) is 0 Å². The third-order valence-electron chi connectivity index (χ3n) is 2.25. The smallest absolute Gasteiger partial charge is 0.237 e. The van der Waals surface area contributed by atoms with E-state index in [2.05, 4.69) is 5.43 Å². The first-order valence-corrected chi connectivity index (χ1v) is 6.02. The Labute approximate surface area is 99.7 Å². The average molecular weight is 239 g/mol. The van der Waals surface area contributed by atoms with Crippen molar-refractivity contribution in [2.24, 2.45) is 11.8 Å². The van der Waals surface area contributed by atoms with Gasteiger partial charge < -0.3 is 5.73 Å². The van der Waals surface area contributed by atoms with Crippen LogP contribution in [0.3, 0.4) is 0 Å². The number of benzene rings is 1. The number of carbonyl (C=O) groups is 1. The van der Waals surface area contributed by atoms with Crippen LogP contribution in [-0.2, 0) is 4.79 Å². The third kappa shape index (κ3) is 3.43. The van der Waals surface area contributed by atoms with E-state index >= 15 is 0 Å². The van der Waals surface area contributed by atoms with Gasteiger partial charge in [0.1, 0.15) is 0 Å². The molecular formula is C11H17N3OS. The van der Waals surface area contributed by atoms with Crippen molar-refractivity contribution in [3.05, 3.63) is 23.8 Å². The van der Waals surface area contributed by atoms with E-state index in [4.69, 9.17) is 11.6 Å². The highest BCUT2D eigenvalue weighted by Gasteiger charge is 2.12. The van der Waals surface area contributed by atoms with E-state index in [9.17, 15) is 4.79 Å². The summed E-state index contributed by atoms with van der Waals surface area (Å²) < 4.78 is 0. The zero-order valence-corrected chi connectivity index (χ0v) is 10.3. The Morgan fingerprint density at radius 3 is 2.88 bits per heavy atom. The highest BCUT2D eigenvalue weighted by Crippen LogP contribution is 2.27. The van der Waals surface area contributed by atoms with Gasteiger partial charge in [-0.2, -0.15) is 0 Å². The third-order valence-corrected chi connectivity index (χ3v) is 3.58. The van der Waals surface area contributed by atoms with Crippen molar-refractivity contribution in [1.82, 2.24) is 5.43 Å². The number of hydrogen-bond acceptors (Lipinski definition) is 4. The minimum absolute atomic E-state index is 0.130. The van der Waals surface area contributed by atoms with Crippen LogP contribution in [0.15, 0.2) is 23.1 Å². The Hall–Kier alpha value is -1.20. The molecule has 1 aromatic carbocycles. The number of nitrogen functional groups attached to an aromatic ring is 1. The van der Waals surface area contributed by atoms with E-state index in [1.165, 1.54) is 0 Å². The number of hydrogen-bond donors (Lipinski definition) is 3. The predicted molar refractivity (Wildman–Crippen MR) is 67.8 cm³/mol. The number of thioether (sulfide) groups is 1. The van der Waals surface area contributed by atoms with Crippen LogP contribution in [0.25, 0.3) is 0 Å². The van der Waals surface area contributed by atoms with Crippen LogP contribution in [-0.4, -0.2) is 11.7 Å². The standard InChI is InChI=1S/C11H17N3OS/c1-7-3-4-9(12)10(5-7)16-6-8(2)11(15)14-13/h3-5,8H,6,12-13H2,1-2H3,(H,14,15). The molecule has 0 saturated heterocycles. The maximum absolute atomic E-state index is 11.2. The summed E-state index contributed by atoms with van der Waals surface area (Å²) in [6.07, 6.45) is 0. The quantitative estimate of drug-likeness (QED) is 0.243. The fourth-order valence-corrected chi connectivity index (χ4v) is 2.28. The largest absolute Gasteiger partial charge is 0.398 e. The normalized spacial score (nSPS) is 12.2. The first kappa shape index (κ1) is 12.9. The molecule has 0 aromatic heterocycles. The molecule has 0 aliphatic rings. The van der Waals surface area contributed by atoms with Crippen LogP contribution in [0.4, 0.5) is 5.69 Å². The zero-order chi connectivity index (χ0) is 12.1. The number of amides is 1. The number of rotatable bonds is 4. The van der Waals surface area contributed by atoms with E-state index in [0.29, 0.717) is 5.75 Å². The molecule has 88 valence electrons. The molecule has 0 spiro atoms. The lowest BCUT2D eigenvalue weighted by atomic mass is 10.2. The Morgan fingerprint density at radius 1 is 1.56 bits per heavy atom. The predicted octanol–water partition coefficient (Wildman–Crippen LogP) is 1.30. The number of aryl methyl sites for hydroxylation is 1. The van der Waals surface area contributed by atoms with Gasteiger partial charge in [0.2, 0.25) is 5.91 Å². The van der Waals surface area contributed by atoms with E-state index in [1.54, 1.807) is 11.8 Å². The van der Waals surface area contributed by atoms with E-state index in [0.717, 1.165) is 16.1 Å². The molecule has 1 unspecified atom stereocenters. The maximum atomic E-state index is 11.2. The van der Waals surface area contributed by atoms with Gasteiger partial charge >= 0.3 is 0 Å². The lowest BCUT2D eigenvalue weighted by Crippen LogP contribution is -2.35. The van der Waals surface area contributed by atoms with Crippen LogP contribution in [0.1, 0.15) is 12.5 Å². The molecule has 4 nitrogen and oxygen atoms in total. The fourth-order valence-electron chi connectivity index (χ4n) is 1.20. The van der Waals surface area contributed by atoms with Gasteiger partial charge in [-0.1, -0.05) is 13.0 Å². The molecular weight excluding hydrogens is 222 g/mol. The van der Waals surface area contributed by atoms with Gasteiger partial charge in [0.05, 0.1) is 0 Å². The molecule has 1 atom stereocenters. The Morgan fingerprint density at radius 2 is 2.25 bits per heavy atom. The van der Waals surface area contributed by atoms with Crippen molar-refractivity contribution < 1.29 is 4.79 Å². The number of anilines is 1. The fraction of sp³-hybridized carbons (Fsp3) is 0.364. The lowest BCUT2D eigenvalue weighted by molar-refractivity contribution is -0.123. The summed E-state index contributed by atoms with van der Waals surface area (Å²) in [4.78, 5) is 12.2. The summed E-state index contributed by atoms with van der Waals surface area (Å²) in [6.45, 7) is 3.85. The van der Waals surface area contributed by atoms with Crippen molar-refractivity contribution >= 4 is 23.4 Å². The van der Waals surface area contributed by atoms with E-state index < -0.39 is 0 Å². The van der Waals surface area contributed by atoms with Gasteiger partial charge in [-0.3, -0.25) is 10.2 Å². The summed E-state index contributed by atoms with van der Waals surface area (Å²) >= 11 is 1.57. The lowest BCUT2D eigenvalue weighted by Gasteiger charge is -2.10. The molecule has 0 aliphatic carbocycles. The Balaban J connectivity index is 2.60. The Bertz CT molecular complexity index is 381. The SMILES string of the molecule is Cc1ccc(N)c(SCC(C)C(=O)NN)c1. The summed E-state index contributed by atoms with van der Waals surface area (Å²) in [6, 6.07) is 5.87. The van der Waals surface area contributed by atoms with Gasteiger partial charge in [0.15, 0.2) is 0 Å². The summed E-state index contributed by atoms with van der Waals surface area (Å²) in [5.41, 5.74) is 9.89. The summed E-state index contributed by atoms with van der Waals surface area (Å²) in [5, 5.41) is 0. The molecule has 0 aliphatic heterocycles. The van der Waals surface area contributed by atoms with Crippen molar-refractivity contribution in [3.63, 3.8) is 0 Å². The minimum atomic E-state index is -0.154. The minimum Gasteiger partial charge on any atom is -0.398 e. The molecule has 1 amide bonds. The van der Waals surface area contributed by atoms with Gasteiger partial charge in [-0.25, -0.2) is 5.84 Å². The number of nitrogens with two attached hydrogens (primary N) is 2. The highest BCUT2D eigenvalue weighted by atomic mass is 32.2. The van der Waals surface area contributed by atoms with Gasteiger partial charge in [0, 0.05) is 22.3 Å². The topological polar surface area (TPSA) is 81.1 Å². The second-order valence-corrected chi connectivity index (χ2v) is 4.82. The number of hydrazine groups is 1. The van der Waals surface area contributed by atoms with Crippen molar-refractivity contribution in [1.29, 1.82) is 0 Å². The van der Waals surface area contributed by atoms with Crippen LogP contribution in [0.2, 0.25) is 0 Å². The molecule has 1 aromatic rings. The summed E-state index contributed by atoms with van der Waals surface area (Å²) in [5.74, 6) is 5.44. The zero-order valence-electron chi connectivity index (χ0n) is 9.49. The molecule has 0 radical (unpaired) electrons. The van der Waals surface area contributed by atoms with Crippen LogP contribution < -0.4 is 17.0 Å². The van der Waals surface area contributed by atoms with Crippen molar-refractivity contribution in [2.45, 2.75) is 18.7 Å². The van der Waals surface area contributed by atoms with Gasteiger partial charge in [-0.15, -0.1) is 11.8 Å². The molecule has 1 rings (SSSR count). The molecule has 0 bridgehead atoms. The molecule has 0 heterocycles. The van der Waals surface area contributed by atoms with Crippen LogP contribution in [0.5, 0.6) is 0 Å². The van der Waals surface area contributed by atoms with E-state index in [-0.39, 0.29) is 11.8 Å². The van der Waals surface area contributed by atoms with Gasteiger partial charge in [-0.05, 0) is 24.6 Å². The van der Waals surface area contributed by atoms with E-state index in [1.807, 2.05) is 32.0 Å². The first-order valence-electron chi connectivity index (χ1n) is 5.04. The highest BCUT2D eigenvalue weighted by molar-refractivity contribution is 7.99. The monoisotopic (exact) mass is 239 g/mol. The summed E-state index contributed by atoms with van der Waals surface area (Å²) in [7, 11) is 0. The molecule has 5 N–H and O–H groups in total. The second-order valence-electron chi connectivity index (χ2n) is 3.76. The van der Waals surface area contributed by atoms with Crippen LogP contribution >= 0.6 is 11.8 Å². The molecule has 0 saturated carbocycles. The molecule has 5 heteroatoms. The maximum Gasteiger partial charge on any atom is 0.237 e. The average Bonchev–Trinajstić information content (AvgIpc) is 2.28. The Kier molecular flexibility index (Phi) is 4.64.